The van der Waals surface area contributed by atoms with E-state index < -0.39 is 6.09 Å². The Morgan fingerprint density at radius 3 is 2.81 bits per heavy atom. The molecule has 2 heterocycles. The van der Waals surface area contributed by atoms with Crippen LogP contribution in [0.2, 0.25) is 5.02 Å². The maximum absolute atomic E-state index is 12.6. The fourth-order valence-electron chi connectivity index (χ4n) is 3.64. The van der Waals surface area contributed by atoms with Crippen LogP contribution in [0.5, 0.6) is 0 Å². The van der Waals surface area contributed by atoms with Gasteiger partial charge in [0.05, 0.1) is 6.04 Å². The number of hydrogen-bond donors (Lipinski definition) is 0. The van der Waals surface area contributed by atoms with Crippen molar-refractivity contribution in [2.75, 3.05) is 19.6 Å². The van der Waals surface area contributed by atoms with E-state index in [0.717, 1.165) is 17.5 Å². The maximum atomic E-state index is 12.6. The van der Waals surface area contributed by atoms with Gasteiger partial charge < -0.3 is 9.64 Å². The largest absolute Gasteiger partial charge is 0.445 e. The number of amides is 2. The van der Waals surface area contributed by atoms with Crippen molar-refractivity contribution in [3.8, 4) is 0 Å². The molecular weight excluding hydrogens is 352 g/mol. The van der Waals surface area contributed by atoms with Gasteiger partial charge in [0.15, 0.2) is 0 Å². The molecule has 134 valence electrons. The quantitative estimate of drug-likeness (QED) is 0.813. The molecule has 26 heavy (non-hydrogen) atoms. The van der Waals surface area contributed by atoms with Gasteiger partial charge in [0, 0.05) is 18.1 Å². The molecular formula is C20H19ClN2O3. The number of fused-ring (bicyclic) bond motifs is 3. The van der Waals surface area contributed by atoms with Crippen LogP contribution in [0, 0.1) is 0 Å². The lowest BCUT2D eigenvalue weighted by atomic mass is 9.91. The van der Waals surface area contributed by atoms with Crippen LogP contribution in [0.3, 0.4) is 0 Å². The second kappa shape index (κ2) is 7.00. The molecule has 4 rings (SSSR count). The van der Waals surface area contributed by atoms with Gasteiger partial charge in [0.25, 0.3) is 0 Å². The molecule has 0 aromatic heterocycles. The molecule has 1 unspecified atom stereocenters. The molecule has 2 aromatic rings. The van der Waals surface area contributed by atoms with Gasteiger partial charge in [-0.2, -0.15) is 0 Å². The molecule has 1 atom stereocenters. The van der Waals surface area contributed by atoms with Gasteiger partial charge in [-0.25, -0.2) is 4.79 Å². The molecule has 2 amide bonds. The molecule has 6 heteroatoms. The van der Waals surface area contributed by atoms with E-state index in [-0.39, 0.29) is 25.1 Å². The first-order chi connectivity index (χ1) is 12.6. The third-order valence-electron chi connectivity index (χ3n) is 4.97. The number of halogens is 1. The highest BCUT2D eigenvalue weighted by molar-refractivity contribution is 6.30. The topological polar surface area (TPSA) is 49.9 Å². The van der Waals surface area contributed by atoms with E-state index in [1.165, 1.54) is 10.5 Å². The molecule has 0 spiro atoms. The molecule has 5 nitrogen and oxygen atoms in total. The zero-order valence-corrected chi connectivity index (χ0v) is 15.0. The van der Waals surface area contributed by atoms with E-state index in [1.807, 2.05) is 53.4 Å². The van der Waals surface area contributed by atoms with Crippen LogP contribution < -0.4 is 0 Å². The van der Waals surface area contributed by atoms with Crippen molar-refractivity contribution >= 4 is 23.6 Å². The van der Waals surface area contributed by atoms with Crippen LogP contribution in [0.1, 0.15) is 22.7 Å². The molecule has 1 fully saturated rings. The summed E-state index contributed by atoms with van der Waals surface area (Å²) in [5, 5.41) is 0.641. The number of hydrogen-bond acceptors (Lipinski definition) is 3. The molecule has 2 aromatic carbocycles. The Kier molecular flexibility index (Phi) is 4.55. The standard InChI is InChI=1S/C20H19ClN2O3/c21-16-7-6-15-8-9-23-18(17(15)10-16)11-22(12-19(23)24)20(25)26-13-14-4-2-1-3-5-14/h1-7,10,18H,8-9,11-13H2. The van der Waals surface area contributed by atoms with Gasteiger partial charge in [0.1, 0.15) is 13.2 Å². The Hall–Kier alpha value is -2.53. The first-order valence-corrected chi connectivity index (χ1v) is 9.03. The number of benzene rings is 2. The summed E-state index contributed by atoms with van der Waals surface area (Å²) in [4.78, 5) is 28.4. The predicted octanol–water partition coefficient (Wildman–Crippen LogP) is 3.42. The van der Waals surface area contributed by atoms with E-state index in [9.17, 15) is 9.59 Å². The fourth-order valence-corrected chi connectivity index (χ4v) is 3.82. The van der Waals surface area contributed by atoms with E-state index in [4.69, 9.17) is 16.3 Å². The zero-order chi connectivity index (χ0) is 18.1. The SMILES string of the molecule is O=C(OCc1ccccc1)N1CC(=O)N2CCc3ccc(Cl)cc3C2C1. The van der Waals surface area contributed by atoms with Crippen LogP contribution in [-0.2, 0) is 22.6 Å². The van der Waals surface area contributed by atoms with Crippen molar-refractivity contribution in [1.82, 2.24) is 9.80 Å². The van der Waals surface area contributed by atoms with Crippen molar-refractivity contribution in [2.24, 2.45) is 0 Å². The van der Waals surface area contributed by atoms with Crippen molar-refractivity contribution in [3.63, 3.8) is 0 Å². The Balaban J connectivity index is 1.50. The summed E-state index contributed by atoms with van der Waals surface area (Å²) in [6.45, 7) is 1.35. The lowest BCUT2D eigenvalue weighted by Crippen LogP contribution is -2.55. The third-order valence-corrected chi connectivity index (χ3v) is 5.20. The van der Waals surface area contributed by atoms with Crippen LogP contribution in [0.4, 0.5) is 4.79 Å². The average Bonchev–Trinajstić information content (AvgIpc) is 2.66. The highest BCUT2D eigenvalue weighted by atomic mass is 35.5. The van der Waals surface area contributed by atoms with Gasteiger partial charge in [-0.3, -0.25) is 9.69 Å². The van der Waals surface area contributed by atoms with Gasteiger partial charge in [-0.1, -0.05) is 48.0 Å². The molecule has 2 aliphatic rings. The third kappa shape index (κ3) is 3.27. The average molecular weight is 371 g/mol. The number of carbonyl (C=O) groups is 2. The minimum Gasteiger partial charge on any atom is -0.445 e. The number of piperazine rings is 1. The molecule has 0 radical (unpaired) electrons. The molecule has 1 saturated heterocycles. The summed E-state index contributed by atoms with van der Waals surface area (Å²) in [5.74, 6) is -0.0523. The van der Waals surface area contributed by atoms with Crippen LogP contribution in [0.25, 0.3) is 0 Å². The normalized spacial score (nSPS) is 19.0. The molecule has 0 saturated carbocycles. The molecule has 2 aliphatic heterocycles. The first kappa shape index (κ1) is 16.9. The van der Waals surface area contributed by atoms with Crippen LogP contribution in [0.15, 0.2) is 48.5 Å². The fraction of sp³-hybridized carbons (Fsp3) is 0.300. The van der Waals surface area contributed by atoms with Crippen molar-refractivity contribution < 1.29 is 14.3 Å². The maximum Gasteiger partial charge on any atom is 0.410 e. The second-order valence-electron chi connectivity index (χ2n) is 6.62. The number of ether oxygens (including phenoxy) is 1. The van der Waals surface area contributed by atoms with Crippen LogP contribution >= 0.6 is 11.6 Å². The molecule has 0 bridgehead atoms. The van der Waals surface area contributed by atoms with Crippen molar-refractivity contribution in [2.45, 2.75) is 19.1 Å². The number of carbonyl (C=O) groups excluding carboxylic acids is 2. The van der Waals surface area contributed by atoms with Gasteiger partial charge in [-0.05, 0) is 35.2 Å². The summed E-state index contributed by atoms with van der Waals surface area (Å²) in [6, 6.07) is 15.1. The van der Waals surface area contributed by atoms with Crippen molar-refractivity contribution in [3.05, 3.63) is 70.2 Å². The molecule has 0 N–H and O–H groups in total. The highest BCUT2D eigenvalue weighted by Crippen LogP contribution is 2.34. The van der Waals surface area contributed by atoms with Crippen LogP contribution in [-0.4, -0.2) is 41.4 Å². The van der Waals surface area contributed by atoms with E-state index in [1.54, 1.807) is 0 Å². The Morgan fingerprint density at radius 1 is 1.19 bits per heavy atom. The monoisotopic (exact) mass is 370 g/mol. The second-order valence-corrected chi connectivity index (χ2v) is 7.05. The summed E-state index contributed by atoms with van der Waals surface area (Å²) < 4.78 is 5.40. The summed E-state index contributed by atoms with van der Waals surface area (Å²) in [7, 11) is 0. The van der Waals surface area contributed by atoms with E-state index >= 15 is 0 Å². The zero-order valence-electron chi connectivity index (χ0n) is 14.2. The first-order valence-electron chi connectivity index (χ1n) is 8.65. The van der Waals surface area contributed by atoms with Gasteiger partial charge >= 0.3 is 6.09 Å². The predicted molar refractivity (Wildman–Crippen MR) is 97.8 cm³/mol. The summed E-state index contributed by atoms with van der Waals surface area (Å²) in [5.41, 5.74) is 3.13. The Bertz CT molecular complexity index is 840. The lowest BCUT2D eigenvalue weighted by molar-refractivity contribution is -0.139. The van der Waals surface area contributed by atoms with Gasteiger partial charge in [0.2, 0.25) is 5.91 Å². The summed E-state index contributed by atoms with van der Waals surface area (Å²) >= 11 is 6.15. The highest BCUT2D eigenvalue weighted by Gasteiger charge is 2.39. The minimum absolute atomic E-state index is 0.0523. The van der Waals surface area contributed by atoms with Gasteiger partial charge in [-0.15, -0.1) is 0 Å². The smallest absolute Gasteiger partial charge is 0.410 e. The minimum atomic E-state index is -0.462. The van der Waals surface area contributed by atoms with E-state index in [2.05, 4.69) is 0 Å². The summed E-state index contributed by atoms with van der Waals surface area (Å²) in [6.07, 6.45) is 0.351. The number of rotatable bonds is 2. The molecule has 0 aliphatic carbocycles. The Morgan fingerprint density at radius 2 is 2.00 bits per heavy atom. The lowest BCUT2D eigenvalue weighted by Gasteiger charge is -2.44. The van der Waals surface area contributed by atoms with E-state index in [0.29, 0.717) is 18.1 Å². The number of nitrogens with zero attached hydrogens (tertiary/aromatic N) is 2. The van der Waals surface area contributed by atoms with Crippen molar-refractivity contribution in [1.29, 1.82) is 0 Å². The Labute approximate surface area is 157 Å².